The summed E-state index contributed by atoms with van der Waals surface area (Å²) in [6.07, 6.45) is 2.09. The second kappa shape index (κ2) is 11.0. The molecule has 0 unspecified atom stereocenters. The lowest BCUT2D eigenvalue weighted by molar-refractivity contribution is -0.114. The zero-order valence-corrected chi connectivity index (χ0v) is 16.7. The van der Waals surface area contributed by atoms with E-state index in [1.807, 2.05) is 38.1 Å². The number of nitrogens with one attached hydrogen (secondary N) is 3. The summed E-state index contributed by atoms with van der Waals surface area (Å²) in [4.78, 5) is 24.1. The second-order valence-corrected chi connectivity index (χ2v) is 6.78. The molecule has 0 saturated carbocycles. The van der Waals surface area contributed by atoms with Gasteiger partial charge in [0, 0.05) is 29.5 Å². The van der Waals surface area contributed by atoms with Crippen molar-refractivity contribution in [3.63, 3.8) is 0 Å². The largest absolute Gasteiger partial charge is 0.491 e. The Kier molecular flexibility index (Phi) is 8.34. The van der Waals surface area contributed by atoms with Crippen LogP contribution in [0.15, 0.2) is 48.5 Å². The molecule has 2 amide bonds. The van der Waals surface area contributed by atoms with Gasteiger partial charge in [0.25, 0.3) is 5.91 Å². The summed E-state index contributed by atoms with van der Waals surface area (Å²) >= 11 is 0. The Labute approximate surface area is 166 Å². The molecule has 0 radical (unpaired) electrons. The van der Waals surface area contributed by atoms with Gasteiger partial charge in [-0.3, -0.25) is 9.59 Å². The van der Waals surface area contributed by atoms with E-state index in [0.717, 1.165) is 24.3 Å². The average Bonchev–Trinajstić information content (AvgIpc) is 2.67. The first-order valence-electron chi connectivity index (χ1n) is 9.66. The summed E-state index contributed by atoms with van der Waals surface area (Å²) in [5, 5.41) is 8.76. The van der Waals surface area contributed by atoms with Crippen LogP contribution in [0.2, 0.25) is 0 Å². The molecule has 0 aliphatic carbocycles. The van der Waals surface area contributed by atoms with Crippen molar-refractivity contribution in [1.29, 1.82) is 0 Å². The van der Waals surface area contributed by atoms with Gasteiger partial charge in [0.1, 0.15) is 5.75 Å². The van der Waals surface area contributed by atoms with Gasteiger partial charge in [-0.25, -0.2) is 0 Å². The van der Waals surface area contributed by atoms with Crippen molar-refractivity contribution in [1.82, 2.24) is 5.32 Å². The normalized spacial score (nSPS) is 10.4. The van der Waals surface area contributed by atoms with Crippen LogP contribution in [0.5, 0.6) is 5.75 Å². The summed E-state index contributed by atoms with van der Waals surface area (Å²) < 4.78 is 5.65. The van der Waals surface area contributed by atoms with Crippen LogP contribution in [0.3, 0.4) is 0 Å². The molecule has 2 aromatic rings. The number of anilines is 2. The van der Waals surface area contributed by atoms with E-state index in [4.69, 9.17) is 4.74 Å². The third kappa shape index (κ3) is 7.31. The Morgan fingerprint density at radius 2 is 1.79 bits per heavy atom. The maximum atomic E-state index is 12.2. The number of benzene rings is 2. The third-order valence-electron chi connectivity index (χ3n) is 3.91. The maximum Gasteiger partial charge on any atom is 0.251 e. The van der Waals surface area contributed by atoms with Gasteiger partial charge < -0.3 is 20.7 Å². The van der Waals surface area contributed by atoms with Crippen LogP contribution >= 0.6 is 0 Å². The fraction of sp³-hybridized carbons (Fsp3) is 0.364. The van der Waals surface area contributed by atoms with Gasteiger partial charge in [0.2, 0.25) is 5.91 Å². The molecule has 0 heterocycles. The molecule has 6 nitrogen and oxygen atoms in total. The minimum atomic E-state index is -0.171. The van der Waals surface area contributed by atoms with Gasteiger partial charge in [-0.1, -0.05) is 19.4 Å². The van der Waals surface area contributed by atoms with E-state index in [1.165, 1.54) is 0 Å². The molecule has 0 spiro atoms. The highest BCUT2D eigenvalue weighted by atomic mass is 16.5. The molecular weight excluding hydrogens is 354 g/mol. The molecule has 0 aliphatic heterocycles. The lowest BCUT2D eigenvalue weighted by Crippen LogP contribution is -2.24. The molecule has 2 aromatic carbocycles. The topological polar surface area (TPSA) is 79.5 Å². The Hall–Kier alpha value is -3.02. The van der Waals surface area contributed by atoms with E-state index in [0.29, 0.717) is 17.8 Å². The van der Waals surface area contributed by atoms with Crippen molar-refractivity contribution in [3.05, 3.63) is 54.1 Å². The van der Waals surface area contributed by atoms with Gasteiger partial charge >= 0.3 is 0 Å². The monoisotopic (exact) mass is 383 g/mol. The number of ether oxygens (including phenoxy) is 1. The van der Waals surface area contributed by atoms with Gasteiger partial charge in [-0.05, 0) is 56.7 Å². The summed E-state index contributed by atoms with van der Waals surface area (Å²) in [6, 6.07) is 14.4. The van der Waals surface area contributed by atoms with Gasteiger partial charge in [0.15, 0.2) is 0 Å². The van der Waals surface area contributed by atoms with E-state index in [2.05, 4.69) is 22.9 Å². The molecule has 0 fully saturated rings. The van der Waals surface area contributed by atoms with Crippen LogP contribution in [0.25, 0.3) is 0 Å². The zero-order valence-electron chi connectivity index (χ0n) is 16.7. The molecule has 0 bridgehead atoms. The molecule has 0 aromatic heterocycles. The van der Waals surface area contributed by atoms with Crippen LogP contribution in [-0.2, 0) is 4.79 Å². The number of rotatable bonds is 10. The molecule has 0 aliphatic rings. The summed E-state index contributed by atoms with van der Waals surface area (Å²) in [5.41, 5.74) is 2.04. The first kappa shape index (κ1) is 21.3. The molecule has 2 rings (SSSR count). The summed E-state index contributed by atoms with van der Waals surface area (Å²) in [7, 11) is 0. The molecule has 3 N–H and O–H groups in total. The van der Waals surface area contributed by atoms with Crippen LogP contribution in [0.1, 0.15) is 44.0 Å². The highest BCUT2D eigenvalue weighted by Crippen LogP contribution is 2.18. The van der Waals surface area contributed by atoms with Gasteiger partial charge in [-0.2, -0.15) is 0 Å². The fourth-order valence-corrected chi connectivity index (χ4v) is 2.52. The average molecular weight is 383 g/mol. The number of carbonyl (C=O) groups excluding carboxylic acids is 2. The number of carbonyl (C=O) groups is 2. The number of hydrogen-bond acceptors (Lipinski definition) is 4. The van der Waals surface area contributed by atoms with E-state index in [1.54, 1.807) is 24.3 Å². The summed E-state index contributed by atoms with van der Waals surface area (Å²) in [6.45, 7) is 6.81. The molecule has 0 saturated heterocycles. The quantitative estimate of drug-likeness (QED) is 0.541. The Morgan fingerprint density at radius 3 is 2.46 bits per heavy atom. The maximum absolute atomic E-state index is 12.2. The van der Waals surface area contributed by atoms with Crippen molar-refractivity contribution >= 4 is 23.2 Å². The molecule has 6 heteroatoms. The van der Waals surface area contributed by atoms with E-state index >= 15 is 0 Å². The predicted octanol–water partition coefficient (Wildman–Crippen LogP) is 4.05. The highest BCUT2D eigenvalue weighted by molar-refractivity contribution is 5.96. The number of unbranched alkanes of at least 4 members (excludes halogenated alkanes) is 1. The van der Waals surface area contributed by atoms with Crippen molar-refractivity contribution in [3.8, 4) is 5.75 Å². The summed E-state index contributed by atoms with van der Waals surface area (Å²) in [5.74, 6) is 0.486. The lowest BCUT2D eigenvalue weighted by Gasteiger charge is -2.12. The van der Waals surface area contributed by atoms with Crippen molar-refractivity contribution in [2.45, 2.75) is 39.7 Å². The molecule has 0 atom stereocenters. The van der Waals surface area contributed by atoms with Crippen LogP contribution in [0.4, 0.5) is 11.4 Å². The smallest absolute Gasteiger partial charge is 0.251 e. The number of hydrogen-bond donors (Lipinski definition) is 3. The van der Waals surface area contributed by atoms with Crippen molar-refractivity contribution in [2.75, 3.05) is 23.7 Å². The first-order chi connectivity index (χ1) is 13.5. The Morgan fingerprint density at radius 1 is 1.04 bits per heavy atom. The zero-order chi connectivity index (χ0) is 20.4. The minimum absolute atomic E-state index is 0.0928. The SMILES string of the molecule is CCCCNC(=O)c1ccc(NC(=O)CNc2cccc(OC(C)C)c2)cc1. The van der Waals surface area contributed by atoms with E-state index in [-0.39, 0.29) is 24.5 Å². The van der Waals surface area contributed by atoms with E-state index < -0.39 is 0 Å². The van der Waals surface area contributed by atoms with Crippen molar-refractivity contribution in [2.24, 2.45) is 0 Å². The third-order valence-corrected chi connectivity index (χ3v) is 3.91. The van der Waals surface area contributed by atoms with Gasteiger partial charge in [0.05, 0.1) is 12.6 Å². The first-order valence-corrected chi connectivity index (χ1v) is 9.66. The minimum Gasteiger partial charge on any atom is -0.491 e. The van der Waals surface area contributed by atoms with Crippen LogP contribution in [0, 0.1) is 0 Å². The Balaban J connectivity index is 1.82. The van der Waals surface area contributed by atoms with Gasteiger partial charge in [-0.15, -0.1) is 0 Å². The second-order valence-electron chi connectivity index (χ2n) is 6.78. The lowest BCUT2D eigenvalue weighted by atomic mass is 10.2. The Bertz CT molecular complexity index is 773. The fourth-order valence-electron chi connectivity index (χ4n) is 2.52. The standard InChI is InChI=1S/C22H29N3O3/c1-4-5-13-23-22(27)17-9-11-18(12-10-17)25-21(26)15-24-19-7-6-8-20(14-19)28-16(2)3/h6-12,14,16,24H,4-5,13,15H2,1-3H3,(H,23,27)(H,25,26). The molecular formula is C22H29N3O3. The number of amides is 2. The highest BCUT2D eigenvalue weighted by Gasteiger charge is 2.07. The van der Waals surface area contributed by atoms with Crippen LogP contribution in [-0.4, -0.2) is 31.0 Å². The van der Waals surface area contributed by atoms with E-state index in [9.17, 15) is 9.59 Å². The molecule has 28 heavy (non-hydrogen) atoms. The molecule has 150 valence electrons. The van der Waals surface area contributed by atoms with Crippen molar-refractivity contribution < 1.29 is 14.3 Å². The predicted molar refractivity (Wildman–Crippen MR) is 113 cm³/mol. The van der Waals surface area contributed by atoms with Crippen LogP contribution < -0.4 is 20.7 Å².